The molecule has 0 aliphatic heterocycles. The van der Waals surface area contributed by atoms with Crippen LogP contribution in [0.15, 0.2) is 12.1 Å². The fourth-order valence-corrected chi connectivity index (χ4v) is 1.13. The van der Waals surface area contributed by atoms with Crippen molar-refractivity contribution in [1.29, 1.82) is 0 Å². The Labute approximate surface area is 80.1 Å². The molecule has 0 saturated carbocycles. The summed E-state index contributed by atoms with van der Waals surface area (Å²) < 4.78 is 31.1. The van der Waals surface area contributed by atoms with Crippen LogP contribution < -0.4 is 10.5 Å². The second-order valence-electron chi connectivity index (χ2n) is 2.73. The molecule has 1 rings (SSSR count). The number of hydrogen-bond acceptors (Lipinski definition) is 3. The number of rotatable bonds is 3. The Morgan fingerprint density at radius 1 is 1.50 bits per heavy atom. The van der Waals surface area contributed by atoms with Crippen LogP contribution in [0.5, 0.6) is 5.75 Å². The van der Waals surface area contributed by atoms with Gasteiger partial charge < -0.3 is 15.6 Å². The van der Waals surface area contributed by atoms with E-state index in [0.29, 0.717) is 0 Å². The monoisotopic (exact) mass is 203 g/mol. The van der Waals surface area contributed by atoms with Crippen LogP contribution in [0.2, 0.25) is 0 Å². The molecular weight excluding hydrogens is 192 g/mol. The van der Waals surface area contributed by atoms with Gasteiger partial charge in [0.1, 0.15) is 5.82 Å². The van der Waals surface area contributed by atoms with Crippen molar-refractivity contribution in [1.82, 2.24) is 0 Å². The summed E-state index contributed by atoms with van der Waals surface area (Å²) in [6.07, 6.45) is -1.36. The molecule has 1 aromatic carbocycles. The largest absolute Gasteiger partial charge is 0.494 e. The Morgan fingerprint density at radius 3 is 2.64 bits per heavy atom. The lowest BCUT2D eigenvalue weighted by Gasteiger charge is -2.12. The number of hydrogen-bond donors (Lipinski definition) is 2. The molecule has 0 fully saturated rings. The van der Waals surface area contributed by atoms with Crippen LogP contribution in [0.1, 0.15) is 11.7 Å². The maximum Gasteiger partial charge on any atom is 0.173 e. The third-order valence-electron chi connectivity index (χ3n) is 1.87. The number of benzene rings is 1. The summed E-state index contributed by atoms with van der Waals surface area (Å²) in [5.41, 5.74) is 4.66. The van der Waals surface area contributed by atoms with Crippen molar-refractivity contribution < 1.29 is 18.6 Å². The van der Waals surface area contributed by atoms with Gasteiger partial charge in [0.15, 0.2) is 11.6 Å². The zero-order valence-electron chi connectivity index (χ0n) is 7.63. The summed E-state index contributed by atoms with van der Waals surface area (Å²) in [6, 6.07) is 2.17. The van der Waals surface area contributed by atoms with E-state index in [1.165, 1.54) is 7.11 Å². The summed E-state index contributed by atoms with van der Waals surface area (Å²) in [6.45, 7) is -0.249. The van der Waals surface area contributed by atoms with Crippen molar-refractivity contribution >= 4 is 0 Å². The van der Waals surface area contributed by atoms with E-state index in [9.17, 15) is 13.9 Å². The van der Waals surface area contributed by atoms with Crippen molar-refractivity contribution in [2.75, 3.05) is 13.7 Å². The molecule has 5 heteroatoms. The summed E-state index contributed by atoms with van der Waals surface area (Å²) in [5.74, 6) is -1.86. The Morgan fingerprint density at radius 2 is 2.14 bits per heavy atom. The van der Waals surface area contributed by atoms with E-state index in [0.717, 1.165) is 12.1 Å². The molecular formula is C9H11F2NO2. The molecule has 1 unspecified atom stereocenters. The van der Waals surface area contributed by atoms with Crippen molar-refractivity contribution in [2.45, 2.75) is 6.10 Å². The van der Waals surface area contributed by atoms with Gasteiger partial charge in [0.25, 0.3) is 0 Å². The quantitative estimate of drug-likeness (QED) is 0.769. The lowest BCUT2D eigenvalue weighted by molar-refractivity contribution is 0.175. The van der Waals surface area contributed by atoms with Gasteiger partial charge in [0.05, 0.1) is 18.8 Å². The van der Waals surface area contributed by atoms with Gasteiger partial charge in [-0.3, -0.25) is 0 Å². The van der Waals surface area contributed by atoms with Crippen molar-refractivity contribution in [3.63, 3.8) is 0 Å². The number of aliphatic hydroxyl groups excluding tert-OH is 1. The topological polar surface area (TPSA) is 55.5 Å². The van der Waals surface area contributed by atoms with E-state index in [1.54, 1.807) is 0 Å². The predicted octanol–water partition coefficient (Wildman–Crippen LogP) is 0.966. The van der Waals surface area contributed by atoms with Gasteiger partial charge in [-0.25, -0.2) is 8.78 Å². The molecule has 78 valence electrons. The molecule has 0 aliphatic carbocycles. The van der Waals surface area contributed by atoms with Gasteiger partial charge in [-0.05, 0) is 12.1 Å². The molecule has 0 amide bonds. The Balaban J connectivity index is 3.25. The maximum atomic E-state index is 13.4. The molecule has 0 radical (unpaired) electrons. The lowest BCUT2D eigenvalue weighted by Crippen LogP contribution is -2.15. The van der Waals surface area contributed by atoms with Crippen LogP contribution in [0.4, 0.5) is 8.78 Å². The van der Waals surface area contributed by atoms with Gasteiger partial charge in [-0.2, -0.15) is 0 Å². The third kappa shape index (κ3) is 1.83. The van der Waals surface area contributed by atoms with E-state index in [2.05, 4.69) is 4.74 Å². The minimum atomic E-state index is -1.36. The first-order valence-electron chi connectivity index (χ1n) is 4.01. The standard InChI is InChI=1S/C9H11F2NO2/c1-14-7-3-2-5(10)8(9(7)11)6(13)4-12/h2-3,6,13H,4,12H2,1H3. The normalized spacial score (nSPS) is 12.6. The number of aliphatic hydroxyl groups is 1. The number of methoxy groups -OCH3 is 1. The van der Waals surface area contributed by atoms with Crippen molar-refractivity contribution in [2.24, 2.45) is 5.73 Å². The first kappa shape index (κ1) is 10.9. The highest BCUT2D eigenvalue weighted by Gasteiger charge is 2.19. The Bertz CT molecular complexity index is 331. The lowest BCUT2D eigenvalue weighted by atomic mass is 10.1. The van der Waals surface area contributed by atoms with E-state index >= 15 is 0 Å². The highest BCUT2D eigenvalue weighted by Crippen LogP contribution is 2.27. The molecule has 1 atom stereocenters. The Hall–Kier alpha value is -1.20. The molecule has 0 aliphatic rings. The van der Waals surface area contributed by atoms with Gasteiger partial charge >= 0.3 is 0 Å². The molecule has 1 aromatic rings. The summed E-state index contributed by atoms with van der Waals surface area (Å²) >= 11 is 0. The highest BCUT2D eigenvalue weighted by molar-refractivity contribution is 5.33. The van der Waals surface area contributed by atoms with Crippen LogP contribution in [-0.4, -0.2) is 18.8 Å². The van der Waals surface area contributed by atoms with Crippen LogP contribution in [0.3, 0.4) is 0 Å². The van der Waals surface area contributed by atoms with E-state index < -0.39 is 23.3 Å². The van der Waals surface area contributed by atoms with E-state index in [4.69, 9.17) is 5.73 Å². The molecule has 0 heterocycles. The highest BCUT2D eigenvalue weighted by atomic mass is 19.1. The van der Waals surface area contributed by atoms with Gasteiger partial charge in [0.2, 0.25) is 0 Å². The molecule has 0 spiro atoms. The molecule has 14 heavy (non-hydrogen) atoms. The molecule has 0 bridgehead atoms. The SMILES string of the molecule is COc1ccc(F)c(C(O)CN)c1F. The number of nitrogens with two attached hydrogens (primary N) is 1. The molecule has 0 aromatic heterocycles. The first-order chi connectivity index (χ1) is 6.61. The fourth-order valence-electron chi connectivity index (χ4n) is 1.13. The molecule has 0 saturated heterocycles. The molecule has 3 nitrogen and oxygen atoms in total. The number of halogens is 2. The predicted molar refractivity (Wildman–Crippen MR) is 46.9 cm³/mol. The van der Waals surface area contributed by atoms with Gasteiger partial charge in [-0.15, -0.1) is 0 Å². The summed E-state index contributed by atoms with van der Waals surface area (Å²) in [4.78, 5) is 0. The zero-order chi connectivity index (χ0) is 10.7. The Kier molecular flexibility index (Phi) is 3.38. The van der Waals surface area contributed by atoms with Gasteiger partial charge in [-0.1, -0.05) is 0 Å². The number of ether oxygens (including phenoxy) is 1. The molecule has 3 N–H and O–H groups in total. The average molecular weight is 203 g/mol. The average Bonchev–Trinajstić information content (AvgIpc) is 2.18. The van der Waals surface area contributed by atoms with Crippen LogP contribution in [-0.2, 0) is 0 Å². The zero-order valence-corrected chi connectivity index (χ0v) is 7.63. The first-order valence-corrected chi connectivity index (χ1v) is 4.01. The van der Waals surface area contributed by atoms with E-state index in [-0.39, 0.29) is 12.3 Å². The second-order valence-corrected chi connectivity index (χ2v) is 2.73. The van der Waals surface area contributed by atoms with E-state index in [1.807, 2.05) is 0 Å². The maximum absolute atomic E-state index is 13.4. The summed E-state index contributed by atoms with van der Waals surface area (Å²) in [7, 11) is 1.26. The summed E-state index contributed by atoms with van der Waals surface area (Å²) in [5, 5.41) is 9.25. The van der Waals surface area contributed by atoms with Crippen LogP contribution in [0.25, 0.3) is 0 Å². The minimum absolute atomic E-state index is 0.117. The smallest absolute Gasteiger partial charge is 0.173 e. The van der Waals surface area contributed by atoms with Gasteiger partial charge in [0, 0.05) is 6.54 Å². The van der Waals surface area contributed by atoms with Crippen molar-refractivity contribution in [3.05, 3.63) is 29.3 Å². The van der Waals surface area contributed by atoms with Crippen LogP contribution >= 0.6 is 0 Å². The second kappa shape index (κ2) is 4.34. The fraction of sp³-hybridized carbons (Fsp3) is 0.333. The van der Waals surface area contributed by atoms with Crippen LogP contribution in [0, 0.1) is 11.6 Å². The van der Waals surface area contributed by atoms with Crippen molar-refractivity contribution in [3.8, 4) is 5.75 Å². The minimum Gasteiger partial charge on any atom is -0.494 e. The third-order valence-corrected chi connectivity index (χ3v) is 1.87.